The molecule has 0 aliphatic carbocycles. The fraction of sp³-hybridized carbons (Fsp3) is 0.188. The van der Waals surface area contributed by atoms with Crippen molar-refractivity contribution in [3.05, 3.63) is 54.3 Å². The second kappa shape index (κ2) is 6.34. The smallest absolute Gasteiger partial charge is 0.251 e. The topological polar surface area (TPSA) is 63.8 Å². The molecule has 0 spiro atoms. The van der Waals surface area contributed by atoms with E-state index < -0.39 is 0 Å². The number of halogens is 1. The van der Waals surface area contributed by atoms with E-state index in [2.05, 4.69) is 20.5 Å². The van der Waals surface area contributed by atoms with E-state index in [-0.39, 0.29) is 5.82 Å². The molecule has 2 heterocycles. The van der Waals surface area contributed by atoms with Gasteiger partial charge in [-0.05, 0) is 30.7 Å². The van der Waals surface area contributed by atoms with Crippen LogP contribution in [-0.2, 0) is 6.42 Å². The molecule has 0 fully saturated rings. The summed E-state index contributed by atoms with van der Waals surface area (Å²) in [5.74, 6) is 1.07. The second-order valence-electron chi connectivity index (χ2n) is 4.76. The number of rotatable bonds is 5. The highest BCUT2D eigenvalue weighted by molar-refractivity contribution is 5.73. The van der Waals surface area contributed by atoms with Crippen LogP contribution in [0.2, 0.25) is 0 Å². The Bertz CT molecular complexity index is 772. The lowest BCUT2D eigenvalue weighted by Crippen LogP contribution is -1.98. The van der Waals surface area contributed by atoms with Crippen LogP contribution in [0.25, 0.3) is 11.5 Å². The summed E-state index contributed by atoms with van der Waals surface area (Å²) in [5, 5.41) is 11.0. The summed E-state index contributed by atoms with van der Waals surface area (Å²) in [6.07, 6.45) is 3.27. The van der Waals surface area contributed by atoms with Crippen molar-refractivity contribution in [3.63, 3.8) is 0 Å². The largest absolute Gasteiger partial charge is 0.421 e. The van der Waals surface area contributed by atoms with Crippen LogP contribution in [0.1, 0.15) is 19.2 Å². The zero-order chi connectivity index (χ0) is 15.4. The Labute approximate surface area is 127 Å². The number of pyridine rings is 1. The Morgan fingerprint density at radius 3 is 2.82 bits per heavy atom. The molecule has 0 bridgehead atoms. The van der Waals surface area contributed by atoms with Gasteiger partial charge < -0.3 is 9.73 Å². The molecule has 0 aliphatic rings. The molecule has 0 unspecified atom stereocenters. The van der Waals surface area contributed by atoms with Gasteiger partial charge in [0.2, 0.25) is 5.89 Å². The van der Waals surface area contributed by atoms with Crippen LogP contribution in [0, 0.1) is 5.82 Å². The third-order valence-corrected chi connectivity index (χ3v) is 3.10. The molecule has 0 aliphatic heterocycles. The number of aromatic nitrogens is 3. The molecule has 1 aromatic carbocycles. The molecular weight excluding hydrogens is 283 g/mol. The minimum absolute atomic E-state index is 0.343. The third-order valence-electron chi connectivity index (χ3n) is 3.10. The van der Waals surface area contributed by atoms with Crippen molar-refractivity contribution in [3.8, 4) is 11.5 Å². The lowest BCUT2D eigenvalue weighted by molar-refractivity contribution is 0.502. The van der Waals surface area contributed by atoms with Crippen molar-refractivity contribution >= 4 is 11.5 Å². The number of anilines is 2. The van der Waals surface area contributed by atoms with Gasteiger partial charge in [-0.2, -0.15) is 0 Å². The van der Waals surface area contributed by atoms with E-state index >= 15 is 0 Å². The minimum atomic E-state index is -0.351. The van der Waals surface area contributed by atoms with Gasteiger partial charge in [-0.3, -0.25) is 0 Å². The number of para-hydroxylation sites is 1. The van der Waals surface area contributed by atoms with E-state index in [0.717, 1.165) is 12.8 Å². The Hall–Kier alpha value is -2.76. The summed E-state index contributed by atoms with van der Waals surface area (Å²) >= 11 is 0. The first-order chi connectivity index (χ1) is 10.8. The van der Waals surface area contributed by atoms with Gasteiger partial charge >= 0.3 is 0 Å². The molecule has 3 rings (SSSR count). The van der Waals surface area contributed by atoms with Crippen LogP contribution in [0.15, 0.2) is 47.0 Å². The summed E-state index contributed by atoms with van der Waals surface area (Å²) in [7, 11) is 0. The first kappa shape index (κ1) is 14.2. The quantitative estimate of drug-likeness (QED) is 0.772. The van der Waals surface area contributed by atoms with Crippen molar-refractivity contribution in [2.75, 3.05) is 5.32 Å². The molecular formula is C16H15FN4O. The SMILES string of the molecule is CCCc1nnc(-c2cccnc2Nc2ccccc2F)o1. The van der Waals surface area contributed by atoms with Gasteiger partial charge in [-0.25, -0.2) is 9.37 Å². The normalized spacial score (nSPS) is 10.6. The van der Waals surface area contributed by atoms with Crippen molar-refractivity contribution in [1.29, 1.82) is 0 Å². The molecule has 0 radical (unpaired) electrons. The molecule has 0 saturated heterocycles. The maximum atomic E-state index is 13.8. The number of aryl methyl sites for hydroxylation is 1. The lowest BCUT2D eigenvalue weighted by atomic mass is 10.2. The molecule has 0 atom stereocenters. The van der Waals surface area contributed by atoms with Crippen LogP contribution in [0.3, 0.4) is 0 Å². The van der Waals surface area contributed by atoms with Gasteiger partial charge in [0, 0.05) is 12.6 Å². The standard InChI is InChI=1S/C16H15FN4O/c1-2-6-14-20-21-16(22-14)11-7-5-10-18-15(11)19-13-9-4-3-8-12(13)17/h3-5,7-10H,2,6H2,1H3,(H,18,19). The van der Waals surface area contributed by atoms with Crippen molar-refractivity contribution in [2.45, 2.75) is 19.8 Å². The molecule has 6 heteroatoms. The van der Waals surface area contributed by atoms with Crippen LogP contribution in [-0.4, -0.2) is 15.2 Å². The van der Waals surface area contributed by atoms with Crippen LogP contribution >= 0.6 is 0 Å². The van der Waals surface area contributed by atoms with E-state index in [1.165, 1.54) is 6.07 Å². The van der Waals surface area contributed by atoms with E-state index in [9.17, 15) is 4.39 Å². The van der Waals surface area contributed by atoms with Gasteiger partial charge in [0.05, 0.1) is 11.3 Å². The van der Waals surface area contributed by atoms with Gasteiger partial charge in [0.15, 0.2) is 0 Å². The maximum absolute atomic E-state index is 13.8. The minimum Gasteiger partial charge on any atom is -0.421 e. The third kappa shape index (κ3) is 2.95. The zero-order valence-electron chi connectivity index (χ0n) is 12.1. The van der Waals surface area contributed by atoms with Crippen LogP contribution < -0.4 is 5.32 Å². The van der Waals surface area contributed by atoms with Crippen molar-refractivity contribution in [2.24, 2.45) is 0 Å². The van der Waals surface area contributed by atoms with Crippen molar-refractivity contribution in [1.82, 2.24) is 15.2 Å². The Morgan fingerprint density at radius 2 is 2.00 bits per heavy atom. The second-order valence-corrected chi connectivity index (χ2v) is 4.76. The van der Waals surface area contributed by atoms with Crippen molar-refractivity contribution < 1.29 is 8.81 Å². The van der Waals surface area contributed by atoms with E-state index in [1.54, 1.807) is 36.5 Å². The average Bonchev–Trinajstić information content (AvgIpc) is 2.99. The predicted octanol–water partition coefficient (Wildman–Crippen LogP) is 3.97. The first-order valence-corrected chi connectivity index (χ1v) is 7.07. The van der Waals surface area contributed by atoms with E-state index in [0.29, 0.717) is 28.9 Å². The molecule has 5 nitrogen and oxygen atoms in total. The van der Waals surface area contributed by atoms with E-state index in [1.807, 2.05) is 6.92 Å². The van der Waals surface area contributed by atoms with E-state index in [4.69, 9.17) is 4.42 Å². The lowest BCUT2D eigenvalue weighted by Gasteiger charge is -2.09. The highest BCUT2D eigenvalue weighted by Gasteiger charge is 2.14. The van der Waals surface area contributed by atoms with Gasteiger partial charge in [0.25, 0.3) is 5.89 Å². The molecule has 22 heavy (non-hydrogen) atoms. The highest BCUT2D eigenvalue weighted by atomic mass is 19.1. The Balaban J connectivity index is 1.94. The maximum Gasteiger partial charge on any atom is 0.251 e. The average molecular weight is 298 g/mol. The van der Waals surface area contributed by atoms with Crippen LogP contribution in [0.4, 0.5) is 15.9 Å². The molecule has 3 aromatic rings. The molecule has 1 N–H and O–H groups in total. The Kier molecular flexibility index (Phi) is 4.09. The number of nitrogens with one attached hydrogen (secondary N) is 1. The fourth-order valence-electron chi connectivity index (χ4n) is 2.04. The first-order valence-electron chi connectivity index (χ1n) is 7.07. The molecule has 0 amide bonds. The number of hydrogen-bond acceptors (Lipinski definition) is 5. The van der Waals surface area contributed by atoms with Gasteiger partial charge in [0.1, 0.15) is 11.6 Å². The number of nitrogens with zero attached hydrogens (tertiary/aromatic N) is 3. The monoisotopic (exact) mass is 298 g/mol. The fourth-order valence-corrected chi connectivity index (χ4v) is 2.04. The van der Waals surface area contributed by atoms with Gasteiger partial charge in [-0.15, -0.1) is 10.2 Å². The summed E-state index contributed by atoms with van der Waals surface area (Å²) in [5.41, 5.74) is 0.983. The Morgan fingerprint density at radius 1 is 1.14 bits per heavy atom. The molecule has 112 valence electrons. The van der Waals surface area contributed by atoms with Gasteiger partial charge in [-0.1, -0.05) is 19.1 Å². The molecule has 2 aromatic heterocycles. The van der Waals surface area contributed by atoms with Crippen LogP contribution in [0.5, 0.6) is 0 Å². The summed E-state index contributed by atoms with van der Waals surface area (Å²) < 4.78 is 19.4. The summed E-state index contributed by atoms with van der Waals surface area (Å²) in [6.45, 7) is 2.04. The zero-order valence-corrected chi connectivity index (χ0v) is 12.1. The summed E-state index contributed by atoms with van der Waals surface area (Å²) in [6, 6.07) is 9.99. The summed E-state index contributed by atoms with van der Waals surface area (Å²) in [4.78, 5) is 4.24. The number of hydrogen-bond donors (Lipinski definition) is 1. The number of benzene rings is 1. The highest BCUT2D eigenvalue weighted by Crippen LogP contribution is 2.28. The molecule has 0 saturated carbocycles. The predicted molar refractivity (Wildman–Crippen MR) is 81.2 cm³/mol.